The first-order valence-corrected chi connectivity index (χ1v) is 9.73. The maximum absolute atomic E-state index is 9.75. The summed E-state index contributed by atoms with van der Waals surface area (Å²) in [6.07, 6.45) is 15.5. The molecule has 2 aliphatic rings. The van der Waals surface area contributed by atoms with Gasteiger partial charge in [0.1, 0.15) is 6.54 Å². The highest BCUT2D eigenvalue weighted by Gasteiger charge is 2.34. The van der Waals surface area contributed by atoms with Crippen molar-refractivity contribution in [2.75, 3.05) is 0 Å². The number of aromatic nitrogens is 1. The first-order chi connectivity index (χ1) is 11.9. The van der Waals surface area contributed by atoms with Crippen LogP contribution < -0.4 is 4.57 Å². The lowest BCUT2D eigenvalue weighted by Gasteiger charge is -2.28. The van der Waals surface area contributed by atoms with E-state index in [4.69, 9.17) is 0 Å². The first kappa shape index (κ1) is 20.2. The molecule has 0 aromatic carbocycles. The third-order valence-corrected chi connectivity index (χ3v) is 5.83. The van der Waals surface area contributed by atoms with E-state index in [1.54, 1.807) is 5.69 Å². The molecule has 1 heterocycles. The highest BCUT2D eigenvalue weighted by Crippen LogP contribution is 2.42. The lowest BCUT2D eigenvalue weighted by atomic mass is 9.76. The molecule has 0 spiro atoms. The number of nitrogens with zero attached hydrogens (tertiary/aromatic N) is 1. The van der Waals surface area contributed by atoms with Crippen molar-refractivity contribution in [2.24, 2.45) is 17.8 Å². The number of pyridine rings is 1. The van der Waals surface area contributed by atoms with Crippen molar-refractivity contribution in [3.05, 3.63) is 30.1 Å². The van der Waals surface area contributed by atoms with Crippen molar-refractivity contribution in [1.82, 2.24) is 0 Å². The van der Waals surface area contributed by atoms with Gasteiger partial charge in [-0.05, 0) is 24.7 Å². The summed E-state index contributed by atoms with van der Waals surface area (Å²) in [5.74, 6) is 2.99. The second-order valence-corrected chi connectivity index (χ2v) is 7.43. The largest absolute Gasteiger partial charge is 0.673 e. The Morgan fingerprint density at radius 2 is 1.44 bits per heavy atom. The SMILES string of the molecule is CC[n+]1ccccc1CC(C1CCCC1)C1CCCC1.F[B-](F)(F)F. The molecule has 0 unspecified atom stereocenters. The van der Waals surface area contributed by atoms with Crippen molar-refractivity contribution in [3.8, 4) is 0 Å². The Morgan fingerprint density at radius 3 is 1.88 bits per heavy atom. The van der Waals surface area contributed by atoms with Crippen LogP contribution in [0.2, 0.25) is 0 Å². The van der Waals surface area contributed by atoms with Crippen LogP contribution in [0.5, 0.6) is 0 Å². The lowest BCUT2D eigenvalue weighted by molar-refractivity contribution is -0.701. The second kappa shape index (κ2) is 9.58. The van der Waals surface area contributed by atoms with Crippen LogP contribution in [0.15, 0.2) is 24.4 Å². The van der Waals surface area contributed by atoms with Gasteiger partial charge in [-0.15, -0.1) is 0 Å². The highest BCUT2D eigenvalue weighted by atomic mass is 19.5. The van der Waals surface area contributed by atoms with E-state index in [1.165, 1.54) is 57.8 Å². The summed E-state index contributed by atoms with van der Waals surface area (Å²) in [6.45, 7) is 3.38. The van der Waals surface area contributed by atoms with Gasteiger partial charge in [0.2, 0.25) is 0 Å². The van der Waals surface area contributed by atoms with Crippen molar-refractivity contribution in [3.63, 3.8) is 0 Å². The molecule has 0 atom stereocenters. The van der Waals surface area contributed by atoms with Gasteiger partial charge in [0, 0.05) is 18.6 Å². The fraction of sp³-hybridized carbons (Fsp3) is 0.737. The van der Waals surface area contributed by atoms with Crippen molar-refractivity contribution >= 4 is 7.25 Å². The Balaban J connectivity index is 0.000000399. The number of rotatable bonds is 5. The maximum atomic E-state index is 9.75. The van der Waals surface area contributed by atoms with Gasteiger partial charge in [-0.25, -0.2) is 4.57 Å². The van der Waals surface area contributed by atoms with Gasteiger partial charge in [-0.2, -0.15) is 0 Å². The molecule has 0 amide bonds. The Kier molecular flexibility index (Phi) is 7.76. The van der Waals surface area contributed by atoms with Crippen molar-refractivity contribution in [2.45, 2.75) is 71.3 Å². The second-order valence-electron chi connectivity index (χ2n) is 7.43. The molecule has 1 aromatic rings. The fourth-order valence-corrected chi connectivity index (χ4v) is 4.74. The summed E-state index contributed by atoms with van der Waals surface area (Å²) in [6, 6.07) is 6.76. The van der Waals surface area contributed by atoms with Gasteiger partial charge in [-0.1, -0.05) is 57.4 Å². The van der Waals surface area contributed by atoms with Crippen LogP contribution in [0, 0.1) is 17.8 Å². The number of hydrogen-bond donors (Lipinski definition) is 0. The molecular formula is C19H30BF4N. The van der Waals surface area contributed by atoms with Crippen LogP contribution in [0.25, 0.3) is 0 Å². The van der Waals surface area contributed by atoms with Crippen molar-refractivity contribution < 1.29 is 21.8 Å². The third kappa shape index (κ3) is 6.98. The molecule has 3 rings (SSSR count). The smallest absolute Gasteiger partial charge is 0.418 e. The molecule has 0 radical (unpaired) electrons. The molecule has 1 aromatic heterocycles. The van der Waals surface area contributed by atoms with E-state index in [1.807, 2.05) is 0 Å². The van der Waals surface area contributed by atoms with Crippen LogP contribution in [0.4, 0.5) is 17.3 Å². The summed E-state index contributed by atoms with van der Waals surface area (Å²) in [5.41, 5.74) is 1.57. The molecule has 0 bridgehead atoms. The molecule has 142 valence electrons. The molecule has 6 heteroatoms. The van der Waals surface area contributed by atoms with Crippen LogP contribution in [0.1, 0.15) is 64.0 Å². The van der Waals surface area contributed by atoms with Crippen LogP contribution in [0.3, 0.4) is 0 Å². The zero-order valence-electron chi connectivity index (χ0n) is 15.1. The number of halogens is 4. The third-order valence-electron chi connectivity index (χ3n) is 5.83. The first-order valence-electron chi connectivity index (χ1n) is 9.73. The van der Waals surface area contributed by atoms with Gasteiger partial charge in [-0.3, -0.25) is 0 Å². The number of aryl methyl sites for hydroxylation is 1. The minimum atomic E-state index is -6.00. The van der Waals surface area contributed by atoms with Gasteiger partial charge < -0.3 is 17.3 Å². The topological polar surface area (TPSA) is 3.88 Å². The van der Waals surface area contributed by atoms with E-state index < -0.39 is 7.25 Å². The van der Waals surface area contributed by atoms with Crippen LogP contribution in [-0.2, 0) is 13.0 Å². The lowest BCUT2D eigenvalue weighted by Crippen LogP contribution is -2.39. The molecule has 0 aliphatic heterocycles. The summed E-state index contributed by atoms with van der Waals surface area (Å²) in [5, 5.41) is 0. The Labute approximate surface area is 148 Å². The monoisotopic (exact) mass is 359 g/mol. The summed E-state index contributed by atoms with van der Waals surface area (Å²) in [4.78, 5) is 0. The van der Waals surface area contributed by atoms with Gasteiger partial charge >= 0.3 is 7.25 Å². The standard InChI is InChI=1S/C19H30N.BF4/c1-2-20-14-8-7-13-18(20)15-19(16-9-3-4-10-16)17-11-5-6-12-17;2-1(3,4)5/h7-8,13-14,16-17,19H,2-6,9-12,15H2,1H3;/q+1;-1. The molecule has 2 fully saturated rings. The van der Waals surface area contributed by atoms with E-state index >= 15 is 0 Å². The summed E-state index contributed by atoms with van der Waals surface area (Å²) >= 11 is 0. The average molecular weight is 359 g/mol. The highest BCUT2D eigenvalue weighted by molar-refractivity contribution is 6.50. The van der Waals surface area contributed by atoms with Gasteiger partial charge in [0.05, 0.1) is 0 Å². The zero-order valence-corrected chi connectivity index (χ0v) is 15.1. The van der Waals surface area contributed by atoms with Gasteiger partial charge in [0.15, 0.2) is 11.9 Å². The van der Waals surface area contributed by atoms with E-state index in [0.717, 1.165) is 24.3 Å². The average Bonchev–Trinajstić information content (AvgIpc) is 3.25. The van der Waals surface area contributed by atoms with Crippen molar-refractivity contribution in [1.29, 1.82) is 0 Å². The Morgan fingerprint density at radius 1 is 0.960 bits per heavy atom. The number of hydrogen-bond acceptors (Lipinski definition) is 0. The van der Waals surface area contributed by atoms with Gasteiger partial charge in [0.25, 0.3) is 0 Å². The quantitative estimate of drug-likeness (QED) is 0.354. The molecule has 0 saturated heterocycles. The van der Waals surface area contributed by atoms with E-state index in [2.05, 4.69) is 35.9 Å². The molecule has 1 nitrogen and oxygen atoms in total. The summed E-state index contributed by atoms with van der Waals surface area (Å²) in [7, 11) is -6.00. The predicted molar refractivity (Wildman–Crippen MR) is 93.6 cm³/mol. The Hall–Kier alpha value is -1.07. The molecule has 0 N–H and O–H groups in total. The minimum absolute atomic E-state index is 0.959. The maximum Gasteiger partial charge on any atom is 0.673 e. The molecule has 25 heavy (non-hydrogen) atoms. The van der Waals surface area contributed by atoms with E-state index in [9.17, 15) is 17.3 Å². The minimum Gasteiger partial charge on any atom is -0.418 e. The van der Waals surface area contributed by atoms with E-state index in [0.29, 0.717) is 0 Å². The summed E-state index contributed by atoms with van der Waals surface area (Å²) < 4.78 is 41.5. The van der Waals surface area contributed by atoms with Crippen LogP contribution in [-0.4, -0.2) is 7.25 Å². The van der Waals surface area contributed by atoms with E-state index in [-0.39, 0.29) is 0 Å². The zero-order chi connectivity index (χ0) is 18.3. The Bertz CT molecular complexity index is 486. The normalized spacial score (nSPS) is 19.3. The molecule has 2 aliphatic carbocycles. The predicted octanol–water partition coefficient (Wildman–Crippen LogP) is 5.83. The molecule has 2 saturated carbocycles. The molecular weight excluding hydrogens is 329 g/mol. The fourth-order valence-electron chi connectivity index (χ4n) is 4.74. The van der Waals surface area contributed by atoms with Crippen LogP contribution >= 0.6 is 0 Å².